The van der Waals surface area contributed by atoms with E-state index in [9.17, 15) is 4.39 Å². The number of hydrogen-bond acceptors (Lipinski definition) is 3. The van der Waals surface area contributed by atoms with E-state index in [4.69, 9.17) is 0 Å². The molecular formula is C8H13FN2O. The topological polar surface area (TPSA) is 38.9 Å². The predicted octanol–water partition coefficient (Wildman–Crippen LogP) is 2.44. The number of halogens is 1. The van der Waals surface area contributed by atoms with Gasteiger partial charge < -0.3 is 4.52 Å². The maximum atomic E-state index is 13.3. The van der Waals surface area contributed by atoms with Gasteiger partial charge >= 0.3 is 0 Å². The minimum atomic E-state index is -1.27. The second-order valence-electron chi connectivity index (χ2n) is 2.57. The van der Waals surface area contributed by atoms with Crippen molar-refractivity contribution in [2.75, 3.05) is 0 Å². The lowest BCUT2D eigenvalue weighted by atomic mass is 9.81. The fraction of sp³-hybridized carbons (Fsp3) is 0.750. The first kappa shape index (κ1) is 9.16. The quantitative estimate of drug-likeness (QED) is 0.653. The highest BCUT2D eigenvalue weighted by Gasteiger charge is 2.42. The summed E-state index contributed by atoms with van der Waals surface area (Å²) in [5.41, 5.74) is -1.27. The molecule has 0 spiro atoms. The first-order valence-corrected chi connectivity index (χ1v) is 4.27. The zero-order chi connectivity index (χ0) is 9.03. The fourth-order valence-corrected chi connectivity index (χ4v) is 1.08. The Bertz CT molecular complexity index is 219. The number of rotatable bonds is 1. The van der Waals surface area contributed by atoms with Gasteiger partial charge in [-0.25, -0.2) is 4.39 Å². The van der Waals surface area contributed by atoms with Crippen molar-refractivity contribution in [3.63, 3.8) is 0 Å². The zero-order valence-corrected chi connectivity index (χ0v) is 7.38. The van der Waals surface area contributed by atoms with Gasteiger partial charge in [0, 0.05) is 0 Å². The highest BCUT2D eigenvalue weighted by molar-refractivity contribution is 5.03. The van der Waals surface area contributed by atoms with Gasteiger partial charge in [-0.05, 0) is 19.3 Å². The first-order valence-electron chi connectivity index (χ1n) is 4.27. The van der Waals surface area contributed by atoms with Crippen molar-refractivity contribution in [1.82, 2.24) is 10.1 Å². The molecule has 12 heavy (non-hydrogen) atoms. The van der Waals surface area contributed by atoms with E-state index in [-0.39, 0.29) is 5.82 Å². The van der Waals surface area contributed by atoms with Crippen molar-refractivity contribution in [3.8, 4) is 0 Å². The summed E-state index contributed by atoms with van der Waals surface area (Å²) < 4.78 is 17.7. The lowest BCUT2D eigenvalue weighted by molar-refractivity contribution is 0.0481. The Morgan fingerprint density at radius 3 is 2.50 bits per heavy atom. The van der Waals surface area contributed by atoms with Gasteiger partial charge in [-0.2, -0.15) is 4.98 Å². The predicted molar refractivity (Wildman–Crippen MR) is 42.3 cm³/mol. The Morgan fingerprint density at radius 2 is 2.17 bits per heavy atom. The van der Waals surface area contributed by atoms with Crippen molar-refractivity contribution >= 4 is 0 Å². The van der Waals surface area contributed by atoms with Gasteiger partial charge in [0.25, 0.3) is 0 Å². The maximum absolute atomic E-state index is 13.3. The van der Waals surface area contributed by atoms with E-state index in [0.29, 0.717) is 12.8 Å². The molecule has 0 unspecified atom stereocenters. The molecule has 0 N–H and O–H groups in total. The van der Waals surface area contributed by atoms with Crippen molar-refractivity contribution in [2.45, 2.75) is 38.8 Å². The van der Waals surface area contributed by atoms with Crippen molar-refractivity contribution in [2.24, 2.45) is 0 Å². The minimum absolute atomic E-state index is 0.207. The summed E-state index contributed by atoms with van der Waals surface area (Å²) in [5.74, 6) is 0.207. The van der Waals surface area contributed by atoms with Crippen LogP contribution < -0.4 is 0 Å². The summed E-state index contributed by atoms with van der Waals surface area (Å²) >= 11 is 0. The molecule has 0 radical (unpaired) electrons. The number of hydrogen-bond donors (Lipinski definition) is 0. The third-order valence-electron chi connectivity index (χ3n) is 1.91. The van der Waals surface area contributed by atoms with E-state index in [1.54, 1.807) is 0 Å². The fourth-order valence-electron chi connectivity index (χ4n) is 1.08. The molecule has 2 rings (SSSR count). The molecular weight excluding hydrogens is 159 g/mol. The van der Waals surface area contributed by atoms with Crippen LogP contribution in [-0.2, 0) is 5.67 Å². The van der Waals surface area contributed by atoms with E-state index in [1.807, 2.05) is 13.8 Å². The van der Waals surface area contributed by atoms with Crippen LogP contribution in [0.5, 0.6) is 0 Å². The lowest BCUT2D eigenvalue weighted by Crippen LogP contribution is -2.29. The van der Waals surface area contributed by atoms with Crippen LogP contribution in [0.15, 0.2) is 10.9 Å². The van der Waals surface area contributed by atoms with Crippen LogP contribution >= 0.6 is 0 Å². The van der Waals surface area contributed by atoms with Crippen LogP contribution in [0.4, 0.5) is 4.39 Å². The largest absolute Gasteiger partial charge is 0.343 e. The summed E-state index contributed by atoms with van der Waals surface area (Å²) in [7, 11) is 0. The molecule has 1 aromatic rings. The Labute approximate surface area is 71.0 Å². The molecule has 1 saturated carbocycles. The molecule has 0 aromatic carbocycles. The van der Waals surface area contributed by atoms with Crippen LogP contribution in [0, 0.1) is 0 Å². The molecule has 1 aliphatic carbocycles. The van der Waals surface area contributed by atoms with Gasteiger partial charge in [0.05, 0.1) is 0 Å². The molecule has 1 fully saturated rings. The maximum Gasteiger partial charge on any atom is 0.213 e. The number of aromatic nitrogens is 2. The average Bonchev–Trinajstić information content (AvgIpc) is 2.56. The molecule has 68 valence electrons. The number of alkyl halides is 1. The van der Waals surface area contributed by atoms with E-state index < -0.39 is 5.67 Å². The summed E-state index contributed by atoms with van der Waals surface area (Å²) in [4.78, 5) is 3.66. The van der Waals surface area contributed by atoms with Crippen LogP contribution in [0.25, 0.3) is 0 Å². The molecule has 0 aliphatic heterocycles. The third-order valence-corrected chi connectivity index (χ3v) is 1.91. The molecule has 1 heterocycles. The third kappa shape index (κ3) is 1.47. The van der Waals surface area contributed by atoms with Crippen LogP contribution in [-0.4, -0.2) is 10.1 Å². The Kier molecular flexibility index (Phi) is 2.78. The smallest absolute Gasteiger partial charge is 0.213 e. The van der Waals surface area contributed by atoms with E-state index >= 15 is 0 Å². The summed E-state index contributed by atoms with van der Waals surface area (Å²) in [6.07, 6.45) is 3.15. The van der Waals surface area contributed by atoms with E-state index in [1.165, 1.54) is 0 Å². The molecule has 0 saturated heterocycles. The molecule has 0 atom stereocenters. The molecule has 0 amide bonds. The van der Waals surface area contributed by atoms with Gasteiger partial charge in [0.2, 0.25) is 12.2 Å². The normalized spacial score (nSPS) is 18.9. The first-order chi connectivity index (χ1) is 5.81. The Hall–Kier alpha value is -0.930. The number of nitrogens with zero attached hydrogens (tertiary/aromatic N) is 2. The Morgan fingerprint density at radius 1 is 1.50 bits per heavy atom. The monoisotopic (exact) mass is 172 g/mol. The molecule has 4 heteroatoms. The van der Waals surface area contributed by atoms with Crippen molar-refractivity contribution in [3.05, 3.63) is 12.2 Å². The van der Waals surface area contributed by atoms with Crippen molar-refractivity contribution in [1.29, 1.82) is 0 Å². The summed E-state index contributed by atoms with van der Waals surface area (Å²) in [6.45, 7) is 4.00. The second kappa shape index (κ2) is 3.65. The zero-order valence-electron chi connectivity index (χ0n) is 7.38. The van der Waals surface area contributed by atoms with E-state index in [0.717, 1.165) is 12.8 Å². The molecule has 0 bridgehead atoms. The van der Waals surface area contributed by atoms with Gasteiger partial charge in [-0.15, -0.1) is 0 Å². The Balaban J connectivity index is 0.000000336. The average molecular weight is 172 g/mol. The molecule has 3 nitrogen and oxygen atoms in total. The van der Waals surface area contributed by atoms with E-state index in [2.05, 4.69) is 14.7 Å². The van der Waals surface area contributed by atoms with Crippen LogP contribution in [0.1, 0.15) is 38.9 Å². The highest BCUT2D eigenvalue weighted by atomic mass is 19.1. The van der Waals surface area contributed by atoms with Gasteiger partial charge in [-0.3, -0.25) is 0 Å². The van der Waals surface area contributed by atoms with Gasteiger partial charge in [0.1, 0.15) is 0 Å². The summed E-state index contributed by atoms with van der Waals surface area (Å²) in [5, 5.41) is 3.45. The van der Waals surface area contributed by atoms with Gasteiger partial charge in [0.15, 0.2) is 5.67 Å². The lowest BCUT2D eigenvalue weighted by Gasteiger charge is -2.29. The second-order valence-corrected chi connectivity index (χ2v) is 2.57. The highest BCUT2D eigenvalue weighted by Crippen LogP contribution is 2.43. The van der Waals surface area contributed by atoms with Crippen LogP contribution in [0.2, 0.25) is 0 Å². The van der Waals surface area contributed by atoms with Crippen LogP contribution in [0.3, 0.4) is 0 Å². The van der Waals surface area contributed by atoms with Gasteiger partial charge in [-0.1, -0.05) is 19.0 Å². The summed E-state index contributed by atoms with van der Waals surface area (Å²) in [6, 6.07) is 0. The minimum Gasteiger partial charge on any atom is -0.343 e. The molecule has 1 aliphatic rings. The SMILES string of the molecule is CC.FC1(c2ncon2)CCC1. The van der Waals surface area contributed by atoms with Crippen molar-refractivity contribution < 1.29 is 8.91 Å². The molecule has 1 aromatic heterocycles. The standard InChI is InChI=1S/C6H7FN2O.C2H6/c7-6(2-1-3-6)5-8-4-10-9-5;1-2/h4H,1-3H2;1-2H3.